The molecule has 1 aromatic carbocycles. The van der Waals surface area contributed by atoms with Gasteiger partial charge in [-0.25, -0.2) is 4.39 Å². The summed E-state index contributed by atoms with van der Waals surface area (Å²) in [4.78, 5) is 2.30. The molecule has 2 rings (SSSR count). The summed E-state index contributed by atoms with van der Waals surface area (Å²) in [6.07, 6.45) is 3.50. The first-order chi connectivity index (χ1) is 9.69. The van der Waals surface area contributed by atoms with E-state index in [4.69, 9.17) is 11.0 Å². The number of nitriles is 1. The molecule has 0 saturated heterocycles. The van der Waals surface area contributed by atoms with E-state index in [2.05, 4.69) is 17.9 Å². The Morgan fingerprint density at radius 2 is 2.25 bits per heavy atom. The first kappa shape index (κ1) is 15.0. The maximum absolute atomic E-state index is 13.9. The largest absolute Gasteiger partial charge is 0.330 e. The Balaban J connectivity index is 2.16. The number of rotatable bonds is 5. The van der Waals surface area contributed by atoms with Crippen LogP contribution in [-0.2, 0) is 6.54 Å². The Labute approximate surface area is 120 Å². The van der Waals surface area contributed by atoms with Crippen LogP contribution in [0.3, 0.4) is 0 Å². The molecule has 1 aromatic rings. The van der Waals surface area contributed by atoms with Crippen molar-refractivity contribution in [1.82, 2.24) is 4.90 Å². The molecule has 0 radical (unpaired) electrons. The lowest BCUT2D eigenvalue weighted by Crippen LogP contribution is -2.40. The van der Waals surface area contributed by atoms with Gasteiger partial charge in [-0.1, -0.05) is 13.3 Å². The molecule has 3 nitrogen and oxygen atoms in total. The van der Waals surface area contributed by atoms with Crippen LogP contribution >= 0.6 is 0 Å². The molecular formula is C16H22FN3. The van der Waals surface area contributed by atoms with Crippen LogP contribution in [0, 0.1) is 23.1 Å². The minimum absolute atomic E-state index is 0.232. The molecule has 0 aromatic heterocycles. The molecule has 1 aliphatic carbocycles. The standard InChI is InChI=1S/C16H22FN3/c1-2-20(16-5-3-4-13(16)10-19)11-14-8-12(9-18)6-7-15(14)17/h6-8,13,16H,2-5,10-11,19H2,1H3. The van der Waals surface area contributed by atoms with Crippen molar-refractivity contribution in [3.63, 3.8) is 0 Å². The molecule has 0 heterocycles. The summed E-state index contributed by atoms with van der Waals surface area (Å²) < 4.78 is 13.9. The van der Waals surface area contributed by atoms with Crippen molar-refractivity contribution in [3.05, 3.63) is 35.1 Å². The minimum Gasteiger partial charge on any atom is -0.330 e. The topological polar surface area (TPSA) is 53.0 Å². The summed E-state index contributed by atoms with van der Waals surface area (Å²) in [7, 11) is 0. The molecule has 20 heavy (non-hydrogen) atoms. The minimum atomic E-state index is -0.232. The smallest absolute Gasteiger partial charge is 0.127 e. The molecule has 0 aliphatic heterocycles. The summed E-state index contributed by atoms with van der Waals surface area (Å²) in [6, 6.07) is 7.07. The highest BCUT2D eigenvalue weighted by Gasteiger charge is 2.30. The molecule has 1 fully saturated rings. The van der Waals surface area contributed by atoms with E-state index in [1.165, 1.54) is 25.0 Å². The fraction of sp³-hybridized carbons (Fsp3) is 0.562. The fourth-order valence-electron chi connectivity index (χ4n) is 3.22. The predicted octanol–water partition coefficient (Wildman–Crippen LogP) is 2.65. The van der Waals surface area contributed by atoms with Crippen molar-refractivity contribution >= 4 is 0 Å². The Morgan fingerprint density at radius 1 is 1.45 bits per heavy atom. The molecule has 1 saturated carbocycles. The van der Waals surface area contributed by atoms with Gasteiger partial charge in [0.25, 0.3) is 0 Å². The van der Waals surface area contributed by atoms with E-state index in [1.54, 1.807) is 6.07 Å². The van der Waals surface area contributed by atoms with Crippen molar-refractivity contribution < 1.29 is 4.39 Å². The van der Waals surface area contributed by atoms with Crippen LogP contribution in [0.1, 0.15) is 37.3 Å². The SMILES string of the molecule is CCN(Cc1cc(C#N)ccc1F)C1CCCC1CN. The van der Waals surface area contributed by atoms with Crippen molar-refractivity contribution in [2.24, 2.45) is 11.7 Å². The third-order valence-corrected chi connectivity index (χ3v) is 4.35. The number of halogens is 1. The summed E-state index contributed by atoms with van der Waals surface area (Å²) >= 11 is 0. The molecule has 2 unspecified atom stereocenters. The van der Waals surface area contributed by atoms with Gasteiger partial charge in [0.05, 0.1) is 11.6 Å². The highest BCUT2D eigenvalue weighted by atomic mass is 19.1. The summed E-state index contributed by atoms with van der Waals surface area (Å²) in [5.41, 5.74) is 6.96. The zero-order valence-electron chi connectivity index (χ0n) is 12.0. The van der Waals surface area contributed by atoms with E-state index < -0.39 is 0 Å². The van der Waals surface area contributed by atoms with Gasteiger partial charge in [-0.2, -0.15) is 5.26 Å². The fourth-order valence-corrected chi connectivity index (χ4v) is 3.22. The van der Waals surface area contributed by atoms with E-state index in [9.17, 15) is 4.39 Å². The van der Waals surface area contributed by atoms with Gasteiger partial charge in [-0.3, -0.25) is 4.90 Å². The van der Waals surface area contributed by atoms with Gasteiger partial charge in [0.15, 0.2) is 0 Å². The molecular weight excluding hydrogens is 253 g/mol. The molecule has 2 atom stereocenters. The van der Waals surface area contributed by atoms with Gasteiger partial charge in [0, 0.05) is 18.2 Å². The lowest BCUT2D eigenvalue weighted by Gasteiger charge is -2.32. The number of hydrogen-bond acceptors (Lipinski definition) is 3. The van der Waals surface area contributed by atoms with Crippen LogP contribution in [0.25, 0.3) is 0 Å². The van der Waals surface area contributed by atoms with Gasteiger partial charge in [-0.05, 0) is 50.0 Å². The number of benzene rings is 1. The Morgan fingerprint density at radius 3 is 2.90 bits per heavy atom. The van der Waals surface area contributed by atoms with Crippen LogP contribution in [0.2, 0.25) is 0 Å². The third kappa shape index (κ3) is 3.17. The average molecular weight is 275 g/mol. The van der Waals surface area contributed by atoms with Crippen molar-refractivity contribution in [2.45, 2.75) is 38.8 Å². The quantitative estimate of drug-likeness (QED) is 0.898. The molecule has 108 valence electrons. The second-order valence-electron chi connectivity index (χ2n) is 5.48. The van der Waals surface area contributed by atoms with Crippen LogP contribution < -0.4 is 5.73 Å². The molecule has 0 bridgehead atoms. The maximum atomic E-state index is 13.9. The van der Waals surface area contributed by atoms with E-state index in [0.717, 1.165) is 13.0 Å². The summed E-state index contributed by atoms with van der Waals surface area (Å²) in [5, 5.41) is 8.93. The van der Waals surface area contributed by atoms with E-state index in [-0.39, 0.29) is 5.82 Å². The van der Waals surface area contributed by atoms with Gasteiger partial charge in [-0.15, -0.1) is 0 Å². The lowest BCUT2D eigenvalue weighted by molar-refractivity contribution is 0.160. The van der Waals surface area contributed by atoms with Crippen LogP contribution in [0.15, 0.2) is 18.2 Å². The number of hydrogen-bond donors (Lipinski definition) is 1. The molecule has 2 N–H and O–H groups in total. The molecule has 0 spiro atoms. The zero-order chi connectivity index (χ0) is 14.5. The monoisotopic (exact) mass is 275 g/mol. The first-order valence-electron chi connectivity index (χ1n) is 7.32. The first-order valence-corrected chi connectivity index (χ1v) is 7.32. The van der Waals surface area contributed by atoms with Crippen LogP contribution in [0.5, 0.6) is 0 Å². The van der Waals surface area contributed by atoms with Gasteiger partial charge in [0.2, 0.25) is 0 Å². The Bertz CT molecular complexity index is 495. The summed E-state index contributed by atoms with van der Waals surface area (Å²) in [5.74, 6) is 0.280. The van der Waals surface area contributed by atoms with Gasteiger partial charge in [0.1, 0.15) is 5.82 Å². The van der Waals surface area contributed by atoms with Crippen LogP contribution in [-0.4, -0.2) is 24.0 Å². The molecule has 4 heteroatoms. The van der Waals surface area contributed by atoms with Gasteiger partial charge < -0.3 is 5.73 Å². The normalized spacial score (nSPS) is 22.1. The van der Waals surface area contributed by atoms with Crippen molar-refractivity contribution in [1.29, 1.82) is 5.26 Å². The van der Waals surface area contributed by atoms with Gasteiger partial charge >= 0.3 is 0 Å². The van der Waals surface area contributed by atoms with Crippen LogP contribution in [0.4, 0.5) is 4.39 Å². The van der Waals surface area contributed by atoms with E-state index in [1.807, 2.05) is 0 Å². The third-order valence-electron chi connectivity index (χ3n) is 4.35. The Hall–Kier alpha value is -1.44. The second kappa shape index (κ2) is 6.83. The van der Waals surface area contributed by atoms with Crippen molar-refractivity contribution in [2.75, 3.05) is 13.1 Å². The van der Waals surface area contributed by atoms with E-state index >= 15 is 0 Å². The van der Waals surface area contributed by atoms with Crippen molar-refractivity contribution in [3.8, 4) is 6.07 Å². The number of nitrogens with zero attached hydrogens (tertiary/aromatic N) is 2. The van der Waals surface area contributed by atoms with E-state index in [0.29, 0.717) is 36.2 Å². The maximum Gasteiger partial charge on any atom is 0.127 e. The lowest BCUT2D eigenvalue weighted by atomic mass is 10.0. The Kier molecular flexibility index (Phi) is 5.11. The highest BCUT2D eigenvalue weighted by Crippen LogP contribution is 2.30. The zero-order valence-corrected chi connectivity index (χ0v) is 12.0. The predicted molar refractivity (Wildman–Crippen MR) is 77.4 cm³/mol. The average Bonchev–Trinajstić information content (AvgIpc) is 2.94. The molecule has 1 aliphatic rings. The molecule has 0 amide bonds. The summed E-state index contributed by atoms with van der Waals surface area (Å²) in [6.45, 7) is 4.22. The number of nitrogens with two attached hydrogens (primary N) is 1. The second-order valence-corrected chi connectivity index (χ2v) is 5.48. The highest BCUT2D eigenvalue weighted by molar-refractivity contribution is 5.33.